The summed E-state index contributed by atoms with van der Waals surface area (Å²) in [7, 11) is -3.01. The van der Waals surface area contributed by atoms with Crippen LogP contribution in [-0.4, -0.2) is 20.7 Å². The van der Waals surface area contributed by atoms with Crippen molar-refractivity contribution in [3.8, 4) is 0 Å². The normalized spacial score (nSPS) is 33.8. The molecule has 0 aromatic heterocycles. The summed E-state index contributed by atoms with van der Waals surface area (Å²) in [6.07, 6.45) is 7.62. The highest BCUT2D eigenvalue weighted by atomic mass is 32.2. The number of nitrogens with one attached hydrogen (secondary N) is 1. The van der Waals surface area contributed by atoms with E-state index in [-0.39, 0.29) is 5.75 Å². The Kier molecular flexibility index (Phi) is 3.16. The van der Waals surface area contributed by atoms with Gasteiger partial charge < -0.3 is 0 Å². The van der Waals surface area contributed by atoms with Gasteiger partial charge in [-0.15, -0.1) is 0 Å². The van der Waals surface area contributed by atoms with Crippen molar-refractivity contribution in [2.24, 2.45) is 17.8 Å². The summed E-state index contributed by atoms with van der Waals surface area (Å²) >= 11 is 0. The van der Waals surface area contributed by atoms with Gasteiger partial charge in [-0.2, -0.15) is 0 Å². The van der Waals surface area contributed by atoms with Crippen LogP contribution in [0.2, 0.25) is 0 Å². The van der Waals surface area contributed by atoms with Crippen LogP contribution in [0.25, 0.3) is 0 Å². The second-order valence-electron chi connectivity index (χ2n) is 4.71. The van der Waals surface area contributed by atoms with Crippen LogP contribution in [0.1, 0.15) is 26.2 Å². The van der Waals surface area contributed by atoms with E-state index in [4.69, 9.17) is 0 Å². The first-order valence-electron chi connectivity index (χ1n) is 5.76. The molecule has 0 saturated heterocycles. The maximum atomic E-state index is 11.5. The quantitative estimate of drug-likeness (QED) is 0.727. The molecular weight excluding hydrogens is 210 g/mol. The van der Waals surface area contributed by atoms with Crippen LogP contribution >= 0.6 is 0 Å². The number of rotatable bonds is 5. The van der Waals surface area contributed by atoms with E-state index in [1.54, 1.807) is 0 Å². The van der Waals surface area contributed by atoms with Gasteiger partial charge in [-0.3, -0.25) is 0 Å². The van der Waals surface area contributed by atoms with E-state index in [2.05, 4.69) is 16.9 Å². The van der Waals surface area contributed by atoms with Gasteiger partial charge in [0.05, 0.1) is 5.75 Å². The molecule has 15 heavy (non-hydrogen) atoms. The summed E-state index contributed by atoms with van der Waals surface area (Å²) in [6, 6.07) is 0. The monoisotopic (exact) mass is 229 g/mol. The Morgan fingerprint density at radius 3 is 2.67 bits per heavy atom. The Labute approximate surface area is 92.0 Å². The van der Waals surface area contributed by atoms with Crippen LogP contribution < -0.4 is 4.72 Å². The molecule has 2 aliphatic rings. The van der Waals surface area contributed by atoms with Gasteiger partial charge in [0.25, 0.3) is 0 Å². The Bertz CT molecular complexity index is 348. The van der Waals surface area contributed by atoms with E-state index in [1.165, 1.54) is 6.42 Å². The van der Waals surface area contributed by atoms with Crippen molar-refractivity contribution < 1.29 is 8.42 Å². The minimum Gasteiger partial charge on any atom is -0.215 e. The molecule has 0 aromatic rings. The molecule has 3 unspecified atom stereocenters. The van der Waals surface area contributed by atoms with Crippen molar-refractivity contribution in [1.29, 1.82) is 0 Å². The number of fused-ring (bicyclic) bond motifs is 2. The average molecular weight is 229 g/mol. The SMILES string of the molecule is CCCS(=O)(=O)NCC1CC2C=CC1C2. The zero-order chi connectivity index (χ0) is 10.9. The second kappa shape index (κ2) is 4.26. The third-order valence-electron chi connectivity index (χ3n) is 3.45. The summed E-state index contributed by atoms with van der Waals surface area (Å²) < 4.78 is 25.7. The third-order valence-corrected chi connectivity index (χ3v) is 5.01. The predicted octanol–water partition coefficient (Wildman–Crippen LogP) is 1.53. The molecule has 1 saturated carbocycles. The lowest BCUT2D eigenvalue weighted by molar-refractivity contribution is 0.440. The summed E-state index contributed by atoms with van der Waals surface area (Å²) in [5.41, 5.74) is 0. The Hall–Kier alpha value is -0.350. The first-order chi connectivity index (χ1) is 7.11. The molecule has 3 atom stereocenters. The molecule has 0 heterocycles. The molecule has 3 nitrogen and oxygen atoms in total. The molecule has 0 amide bonds. The van der Waals surface area contributed by atoms with Crippen molar-refractivity contribution in [2.45, 2.75) is 26.2 Å². The molecule has 86 valence electrons. The van der Waals surface area contributed by atoms with E-state index < -0.39 is 10.0 Å². The standard InChI is InChI=1S/C11H19NO2S/c1-2-5-15(13,14)12-8-11-7-9-3-4-10(11)6-9/h3-4,9-12H,2,5-8H2,1H3. The molecule has 4 heteroatoms. The Balaban J connectivity index is 1.82. The lowest BCUT2D eigenvalue weighted by Gasteiger charge is -2.18. The fraction of sp³-hybridized carbons (Fsp3) is 0.818. The van der Waals surface area contributed by atoms with Gasteiger partial charge in [0.2, 0.25) is 10.0 Å². The number of hydrogen-bond acceptors (Lipinski definition) is 2. The van der Waals surface area contributed by atoms with Gasteiger partial charge in [-0.05, 0) is 37.0 Å². The summed E-state index contributed by atoms with van der Waals surface area (Å²) in [5, 5.41) is 0. The van der Waals surface area contributed by atoms with Crippen LogP contribution in [0.15, 0.2) is 12.2 Å². The molecule has 2 bridgehead atoms. The van der Waals surface area contributed by atoms with Crippen LogP contribution in [-0.2, 0) is 10.0 Å². The van der Waals surface area contributed by atoms with Gasteiger partial charge in [-0.1, -0.05) is 19.1 Å². The maximum Gasteiger partial charge on any atom is 0.211 e. The number of allylic oxidation sites excluding steroid dienone is 2. The van der Waals surface area contributed by atoms with E-state index in [1.807, 2.05) is 6.92 Å². The van der Waals surface area contributed by atoms with Gasteiger partial charge in [0.15, 0.2) is 0 Å². The molecular formula is C11H19NO2S. The van der Waals surface area contributed by atoms with Crippen LogP contribution in [0.4, 0.5) is 0 Å². The fourth-order valence-corrected chi connectivity index (χ4v) is 3.85. The molecule has 2 rings (SSSR count). The number of hydrogen-bond donors (Lipinski definition) is 1. The van der Waals surface area contributed by atoms with Crippen LogP contribution in [0.5, 0.6) is 0 Å². The minimum atomic E-state index is -3.01. The Morgan fingerprint density at radius 2 is 2.13 bits per heavy atom. The van der Waals surface area contributed by atoms with E-state index >= 15 is 0 Å². The molecule has 0 spiro atoms. The van der Waals surface area contributed by atoms with Crippen molar-refractivity contribution in [2.75, 3.05) is 12.3 Å². The van der Waals surface area contributed by atoms with Crippen molar-refractivity contribution >= 4 is 10.0 Å². The van der Waals surface area contributed by atoms with Crippen molar-refractivity contribution in [3.63, 3.8) is 0 Å². The molecule has 0 aromatic carbocycles. The van der Waals surface area contributed by atoms with Gasteiger partial charge in [0.1, 0.15) is 0 Å². The Morgan fingerprint density at radius 1 is 1.33 bits per heavy atom. The second-order valence-corrected chi connectivity index (χ2v) is 6.63. The van der Waals surface area contributed by atoms with Crippen LogP contribution in [0.3, 0.4) is 0 Å². The molecule has 1 fully saturated rings. The van der Waals surface area contributed by atoms with Gasteiger partial charge in [-0.25, -0.2) is 13.1 Å². The van der Waals surface area contributed by atoms with Crippen molar-refractivity contribution in [3.05, 3.63) is 12.2 Å². The minimum absolute atomic E-state index is 0.254. The van der Waals surface area contributed by atoms with Gasteiger partial charge >= 0.3 is 0 Å². The fourth-order valence-electron chi connectivity index (χ4n) is 2.70. The summed E-state index contributed by atoms with van der Waals surface area (Å²) in [4.78, 5) is 0. The van der Waals surface area contributed by atoms with E-state index in [0.29, 0.717) is 24.8 Å². The number of sulfonamides is 1. The highest BCUT2D eigenvalue weighted by molar-refractivity contribution is 7.89. The average Bonchev–Trinajstić information content (AvgIpc) is 2.75. The predicted molar refractivity (Wildman–Crippen MR) is 60.9 cm³/mol. The van der Waals surface area contributed by atoms with Gasteiger partial charge in [0, 0.05) is 6.54 Å². The first kappa shape index (κ1) is 11.1. The third kappa shape index (κ3) is 2.61. The van der Waals surface area contributed by atoms with Crippen molar-refractivity contribution in [1.82, 2.24) is 4.72 Å². The zero-order valence-electron chi connectivity index (χ0n) is 9.15. The summed E-state index contributed by atoms with van der Waals surface area (Å²) in [5.74, 6) is 2.13. The largest absolute Gasteiger partial charge is 0.215 e. The zero-order valence-corrected chi connectivity index (χ0v) is 9.96. The summed E-state index contributed by atoms with van der Waals surface area (Å²) in [6.45, 7) is 2.52. The first-order valence-corrected chi connectivity index (χ1v) is 7.41. The lowest BCUT2D eigenvalue weighted by atomic mass is 9.94. The molecule has 1 N–H and O–H groups in total. The maximum absolute atomic E-state index is 11.5. The van der Waals surface area contributed by atoms with E-state index in [9.17, 15) is 8.42 Å². The van der Waals surface area contributed by atoms with E-state index in [0.717, 1.165) is 12.3 Å². The smallest absolute Gasteiger partial charge is 0.211 e. The topological polar surface area (TPSA) is 46.2 Å². The molecule has 0 radical (unpaired) electrons. The highest BCUT2D eigenvalue weighted by Gasteiger charge is 2.35. The molecule has 0 aliphatic heterocycles. The molecule has 2 aliphatic carbocycles. The lowest BCUT2D eigenvalue weighted by Crippen LogP contribution is -2.32. The highest BCUT2D eigenvalue weighted by Crippen LogP contribution is 2.42. The van der Waals surface area contributed by atoms with Crippen LogP contribution in [0, 0.1) is 17.8 Å².